The third-order valence-corrected chi connectivity index (χ3v) is 7.42. The Balaban J connectivity index is 1.50. The molecule has 0 spiro atoms. The summed E-state index contributed by atoms with van der Waals surface area (Å²) in [5.74, 6) is 0.478. The summed E-state index contributed by atoms with van der Waals surface area (Å²) in [5, 5.41) is 9.21. The molecule has 0 bridgehead atoms. The normalized spacial score (nSPS) is 19.2. The molecule has 1 amide bonds. The smallest absolute Gasteiger partial charge is 0.240 e. The highest BCUT2D eigenvalue weighted by Gasteiger charge is 2.31. The number of hydrogen-bond acceptors (Lipinski definition) is 5. The van der Waals surface area contributed by atoms with Crippen molar-refractivity contribution in [3.8, 4) is 11.4 Å². The number of ether oxygens (including phenoxy) is 1. The molecule has 0 aliphatic carbocycles. The number of rotatable bonds is 7. The lowest BCUT2D eigenvalue weighted by molar-refractivity contribution is -0.129. The monoisotopic (exact) mass is 466 g/mol. The molecule has 0 radical (unpaired) electrons. The molecule has 2 atom stereocenters. The molecule has 8 heteroatoms. The third kappa shape index (κ3) is 4.96. The van der Waals surface area contributed by atoms with Crippen LogP contribution in [0, 0.1) is 5.82 Å². The number of hydrogen-bond donors (Lipinski definition) is 0. The first kappa shape index (κ1) is 22.1. The summed E-state index contributed by atoms with van der Waals surface area (Å²) in [4.78, 5) is 15.5. The maximum Gasteiger partial charge on any atom is 0.240 e. The van der Waals surface area contributed by atoms with E-state index in [1.807, 2.05) is 39.8 Å². The zero-order valence-corrected chi connectivity index (χ0v) is 19.2. The molecule has 3 heterocycles. The molecule has 172 valence electrons. The highest BCUT2D eigenvalue weighted by Crippen LogP contribution is 2.38. The minimum absolute atomic E-state index is 0.0732. The Kier molecular flexibility index (Phi) is 6.73. The van der Waals surface area contributed by atoms with Crippen LogP contribution in [0.25, 0.3) is 11.4 Å². The predicted molar refractivity (Wildman–Crippen MR) is 125 cm³/mol. The molecule has 2 saturated heterocycles. The fourth-order valence-corrected chi connectivity index (χ4v) is 5.57. The topological polar surface area (TPSA) is 60.3 Å². The molecule has 2 aliphatic rings. The lowest BCUT2D eigenvalue weighted by Crippen LogP contribution is -2.31. The van der Waals surface area contributed by atoms with Gasteiger partial charge in [-0.05, 0) is 55.5 Å². The van der Waals surface area contributed by atoms with Gasteiger partial charge >= 0.3 is 0 Å². The summed E-state index contributed by atoms with van der Waals surface area (Å²) >= 11 is 1.43. The molecular weight excluding hydrogens is 439 g/mol. The van der Waals surface area contributed by atoms with Crippen LogP contribution in [0.15, 0.2) is 59.8 Å². The minimum atomic E-state index is -0.405. The quantitative estimate of drug-likeness (QED) is 0.472. The molecule has 6 nitrogen and oxygen atoms in total. The number of likely N-dealkylation sites (tertiary alicyclic amines) is 1. The van der Waals surface area contributed by atoms with Gasteiger partial charge in [-0.2, -0.15) is 0 Å². The molecule has 2 aliphatic heterocycles. The molecule has 0 N–H and O–H groups in total. The van der Waals surface area contributed by atoms with E-state index in [0.717, 1.165) is 56.5 Å². The first-order chi connectivity index (χ1) is 16.2. The highest BCUT2D eigenvalue weighted by atomic mass is 32.2. The number of thioether (sulfide) groups is 1. The van der Waals surface area contributed by atoms with Crippen LogP contribution in [-0.2, 0) is 16.1 Å². The summed E-state index contributed by atoms with van der Waals surface area (Å²) in [6.45, 7) is 2.95. The molecule has 2 fully saturated rings. The number of aromatic nitrogens is 3. The number of benzene rings is 2. The average molecular weight is 467 g/mol. The number of nitrogens with zero attached hydrogens (tertiary/aromatic N) is 4. The lowest BCUT2D eigenvalue weighted by Gasteiger charge is -2.23. The van der Waals surface area contributed by atoms with Crippen LogP contribution in [0.5, 0.6) is 0 Å². The molecule has 3 aromatic rings. The third-order valence-electron chi connectivity index (χ3n) is 6.20. The summed E-state index contributed by atoms with van der Waals surface area (Å²) in [6.07, 6.45) is 4.16. The van der Waals surface area contributed by atoms with Crippen molar-refractivity contribution in [2.24, 2.45) is 0 Å². The minimum Gasteiger partial charge on any atom is -0.376 e. The van der Waals surface area contributed by atoms with Crippen molar-refractivity contribution in [3.05, 3.63) is 66.0 Å². The van der Waals surface area contributed by atoms with Crippen molar-refractivity contribution in [2.75, 3.05) is 19.7 Å². The van der Waals surface area contributed by atoms with Gasteiger partial charge in [0.15, 0.2) is 11.0 Å². The number of halogens is 1. The van der Waals surface area contributed by atoms with E-state index in [2.05, 4.69) is 10.2 Å². The molecule has 2 aromatic carbocycles. The first-order valence-corrected chi connectivity index (χ1v) is 12.4. The first-order valence-electron chi connectivity index (χ1n) is 11.5. The maximum absolute atomic E-state index is 13.5. The maximum atomic E-state index is 13.5. The van der Waals surface area contributed by atoms with Crippen LogP contribution in [0.1, 0.15) is 36.5 Å². The summed E-state index contributed by atoms with van der Waals surface area (Å²) < 4.78 is 21.4. The van der Waals surface area contributed by atoms with Crippen LogP contribution in [0.4, 0.5) is 4.39 Å². The molecule has 5 rings (SSSR count). The van der Waals surface area contributed by atoms with E-state index in [9.17, 15) is 9.18 Å². The van der Waals surface area contributed by atoms with Crippen LogP contribution < -0.4 is 0 Å². The predicted octanol–water partition coefficient (Wildman–Crippen LogP) is 4.72. The van der Waals surface area contributed by atoms with E-state index in [1.165, 1.54) is 23.9 Å². The molecule has 2 unspecified atom stereocenters. The van der Waals surface area contributed by atoms with E-state index in [4.69, 9.17) is 4.74 Å². The Bertz CT molecular complexity index is 1080. The second-order valence-electron chi connectivity index (χ2n) is 8.50. The summed E-state index contributed by atoms with van der Waals surface area (Å²) in [7, 11) is 0. The molecular formula is C25H27FN4O2S. The van der Waals surface area contributed by atoms with Gasteiger partial charge in [-0.3, -0.25) is 9.36 Å². The van der Waals surface area contributed by atoms with Crippen LogP contribution in [0.3, 0.4) is 0 Å². The number of amides is 1. The van der Waals surface area contributed by atoms with Gasteiger partial charge in [0.1, 0.15) is 11.1 Å². The SMILES string of the molecule is O=C(C(Sc1nnc(-c2ccc(F)cc2)n1CC1CCCO1)c1ccccc1)N1CCCC1. The largest absolute Gasteiger partial charge is 0.376 e. The number of carbonyl (C=O) groups is 1. The Morgan fingerprint density at radius 1 is 1.06 bits per heavy atom. The fourth-order valence-electron chi connectivity index (χ4n) is 4.44. The Morgan fingerprint density at radius 3 is 2.52 bits per heavy atom. The van der Waals surface area contributed by atoms with Crippen molar-refractivity contribution in [2.45, 2.75) is 48.7 Å². The average Bonchev–Trinajstić information content (AvgIpc) is 3.62. The van der Waals surface area contributed by atoms with Gasteiger partial charge in [0.25, 0.3) is 0 Å². The standard InChI is InChI=1S/C25H27FN4O2S/c26-20-12-10-19(11-13-20)23-27-28-25(30(23)17-21-9-6-16-32-21)33-22(18-7-2-1-3-8-18)24(31)29-14-4-5-15-29/h1-3,7-8,10-13,21-22H,4-6,9,14-17H2. The Hall–Kier alpha value is -2.71. The Labute approximate surface area is 197 Å². The van der Waals surface area contributed by atoms with Gasteiger partial charge in [0.2, 0.25) is 5.91 Å². The number of carbonyl (C=O) groups excluding carboxylic acids is 1. The van der Waals surface area contributed by atoms with Crippen LogP contribution in [0.2, 0.25) is 0 Å². The zero-order chi connectivity index (χ0) is 22.6. The Morgan fingerprint density at radius 2 is 1.82 bits per heavy atom. The molecule has 0 saturated carbocycles. The van der Waals surface area contributed by atoms with E-state index in [-0.39, 0.29) is 17.8 Å². The van der Waals surface area contributed by atoms with Crippen molar-refractivity contribution in [1.82, 2.24) is 19.7 Å². The van der Waals surface area contributed by atoms with E-state index >= 15 is 0 Å². The summed E-state index contributed by atoms with van der Waals surface area (Å²) in [6, 6.07) is 16.1. The van der Waals surface area contributed by atoms with Crippen molar-refractivity contribution in [3.63, 3.8) is 0 Å². The van der Waals surface area contributed by atoms with Gasteiger partial charge in [0, 0.05) is 25.3 Å². The van der Waals surface area contributed by atoms with Gasteiger partial charge in [-0.1, -0.05) is 42.1 Å². The van der Waals surface area contributed by atoms with Crippen molar-refractivity contribution >= 4 is 17.7 Å². The van der Waals surface area contributed by atoms with Gasteiger partial charge < -0.3 is 9.64 Å². The van der Waals surface area contributed by atoms with E-state index < -0.39 is 5.25 Å². The van der Waals surface area contributed by atoms with E-state index in [0.29, 0.717) is 17.5 Å². The van der Waals surface area contributed by atoms with Crippen LogP contribution in [-0.4, -0.2) is 51.4 Å². The lowest BCUT2D eigenvalue weighted by atomic mass is 10.1. The fraction of sp³-hybridized carbons (Fsp3) is 0.400. The summed E-state index contributed by atoms with van der Waals surface area (Å²) in [5.41, 5.74) is 1.74. The highest BCUT2D eigenvalue weighted by molar-refractivity contribution is 8.00. The van der Waals surface area contributed by atoms with Crippen LogP contribution >= 0.6 is 11.8 Å². The van der Waals surface area contributed by atoms with Gasteiger partial charge in [-0.15, -0.1) is 10.2 Å². The van der Waals surface area contributed by atoms with Crippen molar-refractivity contribution < 1.29 is 13.9 Å². The second-order valence-corrected chi connectivity index (χ2v) is 9.57. The van der Waals surface area contributed by atoms with Gasteiger partial charge in [-0.25, -0.2) is 4.39 Å². The zero-order valence-electron chi connectivity index (χ0n) is 18.4. The molecule has 33 heavy (non-hydrogen) atoms. The molecule has 1 aromatic heterocycles. The second kappa shape index (κ2) is 10.1. The van der Waals surface area contributed by atoms with Gasteiger partial charge in [0.05, 0.1) is 12.6 Å². The van der Waals surface area contributed by atoms with Crippen molar-refractivity contribution in [1.29, 1.82) is 0 Å². The van der Waals surface area contributed by atoms with E-state index in [1.54, 1.807) is 12.1 Å².